The van der Waals surface area contributed by atoms with Crippen LogP contribution in [0.1, 0.15) is 31.7 Å². The van der Waals surface area contributed by atoms with Gasteiger partial charge in [0.15, 0.2) is 6.10 Å². The van der Waals surface area contributed by atoms with E-state index in [2.05, 4.69) is 47.6 Å². The fourth-order valence-electron chi connectivity index (χ4n) is 4.22. The number of nitrogens with zero attached hydrogens (tertiary/aromatic N) is 3. The Balaban J connectivity index is 1.78. The Morgan fingerprint density at radius 2 is 2.03 bits per heavy atom. The first kappa shape index (κ1) is 22.2. The predicted molar refractivity (Wildman–Crippen MR) is 108 cm³/mol. The fourth-order valence-corrected chi connectivity index (χ4v) is 4.37. The molecule has 0 bridgehead atoms. The van der Waals surface area contributed by atoms with Gasteiger partial charge in [0.25, 0.3) is 0 Å². The van der Waals surface area contributed by atoms with Gasteiger partial charge in [-0.2, -0.15) is 13.2 Å². The third-order valence-corrected chi connectivity index (χ3v) is 5.87. The zero-order chi connectivity index (χ0) is 21.2. The maximum absolute atomic E-state index is 13.1. The zero-order valence-corrected chi connectivity index (χ0v) is 17.8. The molecule has 2 saturated heterocycles. The first-order valence-electron chi connectivity index (χ1n) is 9.82. The third-order valence-electron chi connectivity index (χ3n) is 5.66. The van der Waals surface area contributed by atoms with Crippen LogP contribution in [-0.2, 0) is 4.74 Å². The summed E-state index contributed by atoms with van der Waals surface area (Å²) in [6.45, 7) is 5.08. The van der Waals surface area contributed by atoms with Crippen molar-refractivity contribution in [3.8, 4) is 11.8 Å². The minimum atomic E-state index is -4.40. The summed E-state index contributed by atoms with van der Waals surface area (Å²) in [5, 5.41) is 0.351. The highest BCUT2D eigenvalue weighted by atomic mass is 35.5. The summed E-state index contributed by atoms with van der Waals surface area (Å²) in [4.78, 5) is 8.51. The van der Waals surface area contributed by atoms with Crippen molar-refractivity contribution in [3.63, 3.8) is 0 Å². The van der Waals surface area contributed by atoms with Crippen molar-refractivity contribution in [2.24, 2.45) is 11.3 Å². The maximum Gasteiger partial charge on any atom is 0.415 e. The highest BCUT2D eigenvalue weighted by Crippen LogP contribution is 2.36. The molecule has 3 rings (SSSR count). The lowest BCUT2D eigenvalue weighted by molar-refractivity contribution is -0.212. The number of alkyl halides is 3. The first-order valence-corrected chi connectivity index (χ1v) is 10.2. The third kappa shape index (κ3) is 5.56. The molecule has 0 aromatic carbocycles. The molecule has 2 atom stereocenters. The molecular weight excluding hydrogens is 403 g/mol. The minimum Gasteiger partial charge on any atom is -0.370 e. The molecule has 8 heteroatoms. The quantitative estimate of drug-likeness (QED) is 0.531. The molecule has 0 spiro atoms. The average molecular weight is 430 g/mol. The van der Waals surface area contributed by atoms with E-state index in [4.69, 9.17) is 16.3 Å². The summed E-state index contributed by atoms with van der Waals surface area (Å²) in [6.07, 6.45) is -2.35. The topological polar surface area (TPSA) is 28.6 Å². The average Bonchev–Trinajstić information content (AvgIpc) is 3.09. The Morgan fingerprint density at radius 1 is 1.34 bits per heavy atom. The van der Waals surface area contributed by atoms with Crippen molar-refractivity contribution in [3.05, 3.63) is 23.0 Å². The SMILES string of the molecule is CN(C)CC1(C)CCN(c2cc(Cl)ncc2C#CC2CCO[C@H]2C(F)(F)F)CC1. The van der Waals surface area contributed by atoms with Gasteiger partial charge in [-0.15, -0.1) is 0 Å². The molecule has 2 aliphatic rings. The molecule has 0 amide bonds. The summed E-state index contributed by atoms with van der Waals surface area (Å²) in [6, 6.07) is 1.76. The van der Waals surface area contributed by atoms with Gasteiger partial charge < -0.3 is 14.5 Å². The molecule has 1 aromatic rings. The van der Waals surface area contributed by atoms with Crippen LogP contribution in [0.3, 0.4) is 0 Å². The molecule has 1 aromatic heterocycles. The van der Waals surface area contributed by atoms with Crippen LogP contribution in [0.4, 0.5) is 18.9 Å². The normalized spacial score (nSPS) is 24.5. The van der Waals surface area contributed by atoms with Crippen LogP contribution >= 0.6 is 11.6 Å². The number of halogens is 4. The van der Waals surface area contributed by atoms with Gasteiger partial charge in [-0.1, -0.05) is 30.4 Å². The molecule has 0 saturated carbocycles. The van der Waals surface area contributed by atoms with Gasteiger partial charge in [0.1, 0.15) is 5.15 Å². The van der Waals surface area contributed by atoms with Gasteiger partial charge in [-0.25, -0.2) is 4.98 Å². The Kier molecular flexibility index (Phi) is 6.67. The number of ether oxygens (including phenoxy) is 1. The standard InChI is InChI=1S/C21H27ClF3N3O/c1-20(14-27(2)3)7-9-28(10-8-20)17-12-18(22)26-13-16(17)5-4-15-6-11-29-19(15)21(23,24)25/h12-13,15,19H,6-11,14H2,1-3H3/t15?,19-/m1/s1. The molecule has 1 unspecified atom stereocenters. The monoisotopic (exact) mass is 429 g/mol. The molecule has 0 radical (unpaired) electrons. The summed E-state index contributed by atoms with van der Waals surface area (Å²) in [5.74, 6) is 4.86. The molecule has 2 aliphatic heterocycles. The lowest BCUT2D eigenvalue weighted by Gasteiger charge is -2.42. The summed E-state index contributed by atoms with van der Waals surface area (Å²) in [7, 11) is 4.16. The van der Waals surface area contributed by atoms with Crippen LogP contribution < -0.4 is 4.90 Å². The van der Waals surface area contributed by atoms with Crippen molar-refractivity contribution in [2.75, 3.05) is 45.2 Å². The number of pyridine rings is 1. The summed E-state index contributed by atoms with van der Waals surface area (Å²) < 4.78 is 44.1. The predicted octanol–water partition coefficient (Wildman–Crippen LogP) is 4.22. The summed E-state index contributed by atoms with van der Waals surface area (Å²) >= 11 is 6.11. The van der Waals surface area contributed by atoms with Crippen molar-refractivity contribution in [1.29, 1.82) is 0 Å². The van der Waals surface area contributed by atoms with E-state index in [9.17, 15) is 13.2 Å². The molecular formula is C21H27ClF3N3O. The highest BCUT2D eigenvalue weighted by Gasteiger charge is 2.48. The van der Waals surface area contributed by atoms with Gasteiger partial charge in [0.05, 0.1) is 17.2 Å². The van der Waals surface area contributed by atoms with Gasteiger partial charge in [0.2, 0.25) is 0 Å². The Labute approximate surface area is 175 Å². The molecule has 0 aliphatic carbocycles. The first-order chi connectivity index (χ1) is 13.6. The summed E-state index contributed by atoms with van der Waals surface area (Å²) in [5.41, 5.74) is 1.69. The van der Waals surface area contributed by atoms with E-state index >= 15 is 0 Å². The van der Waals surface area contributed by atoms with E-state index < -0.39 is 18.2 Å². The van der Waals surface area contributed by atoms with E-state index in [1.165, 1.54) is 0 Å². The van der Waals surface area contributed by atoms with E-state index in [1.807, 2.05) is 0 Å². The molecule has 3 heterocycles. The van der Waals surface area contributed by atoms with Crippen LogP contribution in [-0.4, -0.2) is 62.5 Å². The number of rotatable bonds is 3. The molecule has 160 valence electrons. The van der Waals surface area contributed by atoms with E-state index in [0.717, 1.165) is 38.2 Å². The van der Waals surface area contributed by atoms with Gasteiger partial charge >= 0.3 is 6.18 Å². The van der Waals surface area contributed by atoms with Gasteiger partial charge in [-0.05, 0) is 38.8 Å². The van der Waals surface area contributed by atoms with Crippen molar-refractivity contribution >= 4 is 17.3 Å². The largest absolute Gasteiger partial charge is 0.415 e. The van der Waals surface area contributed by atoms with Crippen LogP contribution in [0.5, 0.6) is 0 Å². The second-order valence-corrected chi connectivity index (χ2v) is 8.94. The Bertz CT molecular complexity index is 780. The van der Waals surface area contributed by atoms with Crippen LogP contribution in [0.15, 0.2) is 12.3 Å². The molecule has 29 heavy (non-hydrogen) atoms. The number of hydrogen-bond acceptors (Lipinski definition) is 4. The van der Waals surface area contributed by atoms with Crippen molar-refractivity contribution in [2.45, 2.75) is 38.5 Å². The lowest BCUT2D eigenvalue weighted by Crippen LogP contribution is -2.43. The second-order valence-electron chi connectivity index (χ2n) is 8.56. The van der Waals surface area contributed by atoms with E-state index in [1.54, 1.807) is 12.3 Å². The van der Waals surface area contributed by atoms with Gasteiger partial charge in [0, 0.05) is 38.5 Å². The van der Waals surface area contributed by atoms with E-state index in [-0.39, 0.29) is 18.4 Å². The number of hydrogen-bond donors (Lipinski definition) is 0. The van der Waals surface area contributed by atoms with Crippen molar-refractivity contribution in [1.82, 2.24) is 9.88 Å². The number of piperidine rings is 1. The molecule has 0 N–H and O–H groups in total. The fraction of sp³-hybridized carbons (Fsp3) is 0.667. The van der Waals surface area contributed by atoms with Crippen LogP contribution in [0, 0.1) is 23.2 Å². The van der Waals surface area contributed by atoms with Crippen LogP contribution in [0.25, 0.3) is 0 Å². The number of aromatic nitrogens is 1. The maximum atomic E-state index is 13.1. The molecule has 4 nitrogen and oxygen atoms in total. The number of anilines is 1. The lowest BCUT2D eigenvalue weighted by atomic mass is 9.80. The highest BCUT2D eigenvalue weighted by molar-refractivity contribution is 6.29. The minimum absolute atomic E-state index is 0.0752. The molecule has 2 fully saturated rings. The van der Waals surface area contributed by atoms with Crippen LogP contribution in [0.2, 0.25) is 5.15 Å². The van der Waals surface area contributed by atoms with Crippen molar-refractivity contribution < 1.29 is 17.9 Å². The Hall–Kier alpha value is -1.49. The van der Waals surface area contributed by atoms with Gasteiger partial charge in [-0.3, -0.25) is 0 Å². The Morgan fingerprint density at radius 3 is 2.66 bits per heavy atom. The zero-order valence-electron chi connectivity index (χ0n) is 17.0. The van der Waals surface area contributed by atoms with E-state index in [0.29, 0.717) is 10.7 Å². The smallest absolute Gasteiger partial charge is 0.370 e. The second kappa shape index (κ2) is 8.71.